The van der Waals surface area contributed by atoms with Crippen LogP contribution >= 0.6 is 0 Å². The van der Waals surface area contributed by atoms with Crippen molar-refractivity contribution in [2.75, 3.05) is 25.0 Å². The molecule has 0 fully saturated rings. The van der Waals surface area contributed by atoms with Crippen LogP contribution in [0, 0.1) is 0 Å². The number of nitrogens with one attached hydrogen (secondary N) is 1. The van der Waals surface area contributed by atoms with Gasteiger partial charge >= 0.3 is 0 Å². The topological polar surface area (TPSA) is 58.1 Å². The number of hydrogen-bond acceptors (Lipinski definition) is 4. The molecule has 0 unspecified atom stereocenters. The Kier molecular flexibility index (Phi) is 5.86. The highest BCUT2D eigenvalue weighted by atomic mass is 16.2. The molecule has 5 heteroatoms. The van der Waals surface area contributed by atoms with Crippen molar-refractivity contribution < 1.29 is 4.79 Å². The lowest BCUT2D eigenvalue weighted by Crippen LogP contribution is -2.31. The monoisotopic (exact) mass is 310 g/mol. The summed E-state index contributed by atoms with van der Waals surface area (Å²) in [5, 5.41) is 3.13. The molecule has 1 amide bonds. The minimum Gasteiger partial charge on any atom is -0.366 e. The van der Waals surface area contributed by atoms with Crippen molar-refractivity contribution >= 4 is 11.7 Å². The number of aromatic nitrogens is 2. The minimum atomic E-state index is -0.0868. The fourth-order valence-electron chi connectivity index (χ4n) is 2.21. The lowest BCUT2D eigenvalue weighted by molar-refractivity contribution is 0.0767. The second-order valence-electron chi connectivity index (χ2n) is 4.98. The third kappa shape index (κ3) is 4.16. The van der Waals surface area contributed by atoms with Crippen molar-refractivity contribution in [1.29, 1.82) is 0 Å². The van der Waals surface area contributed by atoms with Gasteiger partial charge in [0.1, 0.15) is 11.5 Å². The highest BCUT2D eigenvalue weighted by molar-refractivity contribution is 5.93. The van der Waals surface area contributed by atoms with Gasteiger partial charge < -0.3 is 10.2 Å². The van der Waals surface area contributed by atoms with Crippen molar-refractivity contribution in [3.8, 4) is 11.4 Å². The molecule has 2 aromatic rings. The van der Waals surface area contributed by atoms with E-state index in [0.717, 1.165) is 5.56 Å². The molecule has 0 saturated carbocycles. The largest absolute Gasteiger partial charge is 0.366 e. The number of carbonyl (C=O) groups excluding carboxylic acids is 1. The summed E-state index contributed by atoms with van der Waals surface area (Å²) in [6, 6.07) is 11.3. The van der Waals surface area contributed by atoms with Crippen LogP contribution in [0.1, 0.15) is 24.3 Å². The van der Waals surface area contributed by atoms with Gasteiger partial charge in [0.15, 0.2) is 5.82 Å². The molecule has 0 atom stereocenters. The average Bonchev–Trinajstić information content (AvgIpc) is 2.61. The van der Waals surface area contributed by atoms with E-state index < -0.39 is 0 Å². The molecular formula is C18H22N4O. The number of nitrogens with zero attached hydrogens (tertiary/aromatic N) is 3. The second-order valence-corrected chi connectivity index (χ2v) is 4.98. The lowest BCUT2D eigenvalue weighted by atomic mass is 10.2. The van der Waals surface area contributed by atoms with Crippen LogP contribution in [0.2, 0.25) is 0 Å². The number of hydrogen-bond donors (Lipinski definition) is 1. The molecule has 1 aromatic carbocycles. The molecule has 1 aromatic heterocycles. The molecule has 0 aliphatic carbocycles. The van der Waals surface area contributed by atoms with Crippen LogP contribution in [-0.2, 0) is 0 Å². The summed E-state index contributed by atoms with van der Waals surface area (Å²) in [5.74, 6) is 1.07. The van der Waals surface area contributed by atoms with Gasteiger partial charge in [-0.15, -0.1) is 6.58 Å². The Labute approximate surface area is 137 Å². The number of benzene rings is 1. The van der Waals surface area contributed by atoms with E-state index in [2.05, 4.69) is 21.9 Å². The predicted octanol–water partition coefficient (Wildman–Crippen LogP) is 3.22. The fourth-order valence-corrected chi connectivity index (χ4v) is 2.21. The van der Waals surface area contributed by atoms with Gasteiger partial charge in [-0.25, -0.2) is 9.97 Å². The quantitative estimate of drug-likeness (QED) is 0.798. The standard InChI is InChI=1S/C18H22N4O/c1-4-12-19-16-13-15(18(23)22(5-2)6-3)20-17(21-16)14-10-8-7-9-11-14/h4,7-11,13H,1,5-6,12H2,2-3H3,(H,19,20,21). The first-order valence-electron chi connectivity index (χ1n) is 7.78. The Hall–Kier alpha value is -2.69. The molecular weight excluding hydrogens is 288 g/mol. The Morgan fingerprint density at radius 1 is 1.22 bits per heavy atom. The van der Waals surface area contributed by atoms with Gasteiger partial charge in [-0.2, -0.15) is 0 Å². The van der Waals surface area contributed by atoms with Gasteiger partial charge in [-0.3, -0.25) is 4.79 Å². The third-order valence-corrected chi connectivity index (χ3v) is 3.46. The van der Waals surface area contributed by atoms with Crippen LogP contribution in [0.15, 0.2) is 49.1 Å². The maximum Gasteiger partial charge on any atom is 0.272 e. The van der Waals surface area contributed by atoms with E-state index in [-0.39, 0.29) is 5.91 Å². The summed E-state index contributed by atoms with van der Waals surface area (Å²) < 4.78 is 0. The molecule has 0 saturated heterocycles. The maximum absolute atomic E-state index is 12.6. The summed E-state index contributed by atoms with van der Waals surface area (Å²) in [5.41, 5.74) is 1.28. The normalized spacial score (nSPS) is 10.2. The molecule has 120 valence electrons. The first-order valence-corrected chi connectivity index (χ1v) is 7.78. The van der Waals surface area contributed by atoms with E-state index in [1.165, 1.54) is 0 Å². The summed E-state index contributed by atoms with van der Waals surface area (Å²) in [6.45, 7) is 9.47. The average molecular weight is 310 g/mol. The van der Waals surface area contributed by atoms with E-state index in [4.69, 9.17) is 0 Å². The smallest absolute Gasteiger partial charge is 0.272 e. The predicted molar refractivity (Wildman–Crippen MR) is 93.4 cm³/mol. The van der Waals surface area contributed by atoms with Gasteiger partial charge in [0, 0.05) is 31.3 Å². The summed E-state index contributed by atoms with van der Waals surface area (Å²) in [7, 11) is 0. The summed E-state index contributed by atoms with van der Waals surface area (Å²) >= 11 is 0. The Morgan fingerprint density at radius 3 is 2.52 bits per heavy atom. The third-order valence-electron chi connectivity index (χ3n) is 3.46. The maximum atomic E-state index is 12.6. The Morgan fingerprint density at radius 2 is 1.91 bits per heavy atom. The first-order chi connectivity index (χ1) is 11.2. The number of amides is 1. The zero-order valence-electron chi connectivity index (χ0n) is 13.6. The molecule has 0 aliphatic heterocycles. The molecule has 2 rings (SSSR count). The molecule has 0 spiro atoms. The van der Waals surface area contributed by atoms with E-state index >= 15 is 0 Å². The zero-order valence-corrected chi connectivity index (χ0v) is 13.6. The number of rotatable bonds is 7. The van der Waals surface area contributed by atoms with Crippen LogP contribution in [0.3, 0.4) is 0 Å². The van der Waals surface area contributed by atoms with E-state index in [1.807, 2.05) is 44.2 Å². The Balaban J connectivity index is 2.45. The molecule has 1 N–H and O–H groups in total. The summed E-state index contributed by atoms with van der Waals surface area (Å²) in [6.07, 6.45) is 1.75. The molecule has 5 nitrogen and oxygen atoms in total. The van der Waals surface area contributed by atoms with Crippen LogP contribution in [0.5, 0.6) is 0 Å². The van der Waals surface area contributed by atoms with Crippen molar-refractivity contribution in [2.24, 2.45) is 0 Å². The number of carbonyl (C=O) groups is 1. The van der Waals surface area contributed by atoms with Gasteiger partial charge in [0.2, 0.25) is 0 Å². The summed E-state index contributed by atoms with van der Waals surface area (Å²) in [4.78, 5) is 23.3. The fraction of sp³-hybridized carbons (Fsp3) is 0.278. The highest BCUT2D eigenvalue weighted by Crippen LogP contribution is 2.18. The van der Waals surface area contributed by atoms with Crippen molar-refractivity contribution in [3.05, 3.63) is 54.7 Å². The van der Waals surface area contributed by atoms with Crippen LogP contribution in [0.25, 0.3) is 11.4 Å². The second kappa shape index (κ2) is 8.08. The van der Waals surface area contributed by atoms with Crippen LogP contribution in [-0.4, -0.2) is 40.4 Å². The molecule has 0 aliphatic rings. The SMILES string of the molecule is C=CCNc1cc(C(=O)N(CC)CC)nc(-c2ccccc2)n1. The first kappa shape index (κ1) is 16.7. The zero-order chi connectivity index (χ0) is 16.7. The molecule has 23 heavy (non-hydrogen) atoms. The molecule has 0 bridgehead atoms. The van der Waals surface area contributed by atoms with Crippen molar-refractivity contribution in [2.45, 2.75) is 13.8 Å². The van der Waals surface area contributed by atoms with E-state index in [0.29, 0.717) is 37.0 Å². The van der Waals surface area contributed by atoms with Gasteiger partial charge in [0.25, 0.3) is 5.91 Å². The molecule has 0 radical (unpaired) electrons. The lowest BCUT2D eigenvalue weighted by Gasteiger charge is -2.18. The van der Waals surface area contributed by atoms with Crippen LogP contribution < -0.4 is 5.32 Å². The number of anilines is 1. The van der Waals surface area contributed by atoms with E-state index in [1.54, 1.807) is 17.0 Å². The Bertz CT molecular complexity index is 666. The van der Waals surface area contributed by atoms with Gasteiger partial charge in [0.05, 0.1) is 0 Å². The van der Waals surface area contributed by atoms with Gasteiger partial charge in [-0.1, -0.05) is 36.4 Å². The highest BCUT2D eigenvalue weighted by Gasteiger charge is 2.17. The molecule has 1 heterocycles. The van der Waals surface area contributed by atoms with Crippen LogP contribution in [0.4, 0.5) is 5.82 Å². The van der Waals surface area contributed by atoms with Crippen molar-refractivity contribution in [3.63, 3.8) is 0 Å². The van der Waals surface area contributed by atoms with Gasteiger partial charge in [-0.05, 0) is 13.8 Å². The van der Waals surface area contributed by atoms with E-state index in [9.17, 15) is 4.79 Å². The minimum absolute atomic E-state index is 0.0868. The van der Waals surface area contributed by atoms with Crippen molar-refractivity contribution in [1.82, 2.24) is 14.9 Å².